The smallest absolute Gasteiger partial charge is 0.334 e. The van der Waals surface area contributed by atoms with Crippen LogP contribution in [0.4, 0.5) is 0 Å². The molecule has 2 heterocycles. The molecule has 2 bridgehead atoms. The first-order valence-corrected chi connectivity index (χ1v) is 14.7. The van der Waals surface area contributed by atoms with E-state index in [1.165, 1.54) is 0 Å². The van der Waals surface area contributed by atoms with E-state index in [4.69, 9.17) is 14.2 Å². The highest BCUT2D eigenvalue weighted by atomic mass is 16.7. The molecule has 6 aliphatic rings. The Labute approximate surface area is 229 Å². The Morgan fingerprint density at radius 1 is 0.974 bits per heavy atom. The molecule has 1 unspecified atom stereocenters. The maximum Gasteiger partial charge on any atom is 0.334 e. The lowest BCUT2D eigenvalue weighted by Gasteiger charge is -2.63. The van der Waals surface area contributed by atoms with Crippen LogP contribution in [-0.4, -0.2) is 98.3 Å². The number of hydrogen-bond acceptors (Lipinski definition) is 10. The van der Waals surface area contributed by atoms with Gasteiger partial charge in [0.25, 0.3) is 0 Å². The zero-order valence-corrected chi connectivity index (χ0v) is 22.8. The molecule has 14 atom stereocenters. The van der Waals surface area contributed by atoms with Crippen molar-refractivity contribution in [3.05, 3.63) is 11.6 Å². The van der Waals surface area contributed by atoms with Crippen LogP contribution >= 0.6 is 0 Å². The summed E-state index contributed by atoms with van der Waals surface area (Å²) in [6, 6.07) is 0. The molecule has 39 heavy (non-hydrogen) atoms. The fourth-order valence-electron chi connectivity index (χ4n) is 9.97. The van der Waals surface area contributed by atoms with Crippen LogP contribution in [0, 0.1) is 34.5 Å². The third-order valence-corrected chi connectivity index (χ3v) is 12.2. The van der Waals surface area contributed by atoms with Crippen LogP contribution in [0.1, 0.15) is 65.2 Å². The normalized spacial score (nSPS) is 55.9. The Balaban J connectivity index is 1.19. The van der Waals surface area contributed by atoms with Gasteiger partial charge in [-0.25, -0.2) is 4.79 Å². The molecule has 10 heteroatoms. The number of carbonyl (C=O) groups is 1. The van der Waals surface area contributed by atoms with E-state index >= 15 is 0 Å². The molecular weight excluding hydrogens is 508 g/mol. The zero-order valence-electron chi connectivity index (χ0n) is 22.8. The fourth-order valence-corrected chi connectivity index (χ4v) is 9.97. The predicted octanol–water partition coefficient (Wildman–Crippen LogP) is 0.399. The van der Waals surface area contributed by atoms with E-state index in [2.05, 4.69) is 13.8 Å². The number of fused-ring (bicyclic) bond motifs is 9. The molecule has 0 radical (unpaired) electrons. The maximum absolute atomic E-state index is 12.8. The van der Waals surface area contributed by atoms with Gasteiger partial charge < -0.3 is 44.8 Å². The Kier molecular flexibility index (Phi) is 6.99. The monoisotopic (exact) mass is 552 g/mol. The van der Waals surface area contributed by atoms with Gasteiger partial charge in [0, 0.05) is 16.9 Å². The van der Waals surface area contributed by atoms with Gasteiger partial charge >= 0.3 is 5.97 Å². The van der Waals surface area contributed by atoms with Gasteiger partial charge in [-0.1, -0.05) is 13.8 Å². The first-order valence-electron chi connectivity index (χ1n) is 14.7. The summed E-state index contributed by atoms with van der Waals surface area (Å²) in [5.41, 5.74) is -1.12. The fraction of sp³-hybridized carbons (Fsp3) is 0.897. The lowest BCUT2D eigenvalue weighted by atomic mass is 9.43. The number of rotatable bonds is 4. The van der Waals surface area contributed by atoms with Crippen molar-refractivity contribution in [2.45, 2.75) is 114 Å². The van der Waals surface area contributed by atoms with E-state index in [0.717, 1.165) is 44.9 Å². The number of ether oxygens (including phenoxy) is 3. The van der Waals surface area contributed by atoms with Crippen LogP contribution in [0.25, 0.3) is 0 Å². The second-order valence-corrected chi connectivity index (χ2v) is 13.5. The van der Waals surface area contributed by atoms with Crippen molar-refractivity contribution in [1.82, 2.24) is 0 Å². The van der Waals surface area contributed by atoms with Crippen molar-refractivity contribution < 1.29 is 49.6 Å². The number of aliphatic hydroxyl groups excluding tert-OH is 5. The quantitative estimate of drug-likeness (QED) is 0.163. The highest BCUT2D eigenvalue weighted by Crippen LogP contribution is 2.71. The average Bonchev–Trinajstić information content (AvgIpc) is 3.10. The molecule has 0 aromatic heterocycles. The van der Waals surface area contributed by atoms with E-state index < -0.39 is 60.4 Å². The third-order valence-electron chi connectivity index (χ3n) is 12.2. The lowest BCUT2D eigenvalue weighted by molar-refractivity contribution is -0.317. The van der Waals surface area contributed by atoms with E-state index in [-0.39, 0.29) is 35.9 Å². The van der Waals surface area contributed by atoms with E-state index in [9.17, 15) is 35.4 Å². The Morgan fingerprint density at radius 2 is 1.74 bits per heavy atom. The average molecular weight is 553 g/mol. The topological polar surface area (TPSA) is 166 Å². The second-order valence-electron chi connectivity index (χ2n) is 13.5. The Hall–Kier alpha value is -1.11. The Bertz CT molecular complexity index is 1000. The molecule has 4 aliphatic carbocycles. The molecule has 4 saturated carbocycles. The highest BCUT2D eigenvalue weighted by molar-refractivity contribution is 5.91. The van der Waals surface area contributed by atoms with Gasteiger partial charge in [-0.2, -0.15) is 0 Å². The molecule has 0 spiro atoms. The predicted molar refractivity (Wildman–Crippen MR) is 136 cm³/mol. The Morgan fingerprint density at radius 3 is 2.46 bits per heavy atom. The molecule has 10 nitrogen and oxygen atoms in total. The molecule has 0 amide bonds. The molecule has 220 valence electrons. The number of esters is 1. The summed E-state index contributed by atoms with van der Waals surface area (Å²) in [4.78, 5) is 12.8. The van der Waals surface area contributed by atoms with E-state index in [1.807, 2.05) is 0 Å². The summed E-state index contributed by atoms with van der Waals surface area (Å²) in [6.07, 6.45) is 0.838. The standard InChI is InChI=1S/C29H44O10/c1-27-8-5-15(37-26-24(34)23(33)22(32)20(13-31)38-26)11-14(27)3-4-18-17(27)6-9-28(2)19-12-21(29(18,28)36)39-25(35)16(19)7-10-30/h7,14-15,17-24,26,30-34,36H,3-6,8-13H2,1-2H3/b16-7-/t14-,15+,17+,18-,19-,20-,21?,22-,23+,24-,26-,27+,28-,29-/m1/s1. The minimum absolute atomic E-state index is 0.0108. The van der Waals surface area contributed by atoms with Gasteiger partial charge in [-0.3, -0.25) is 0 Å². The van der Waals surface area contributed by atoms with Gasteiger partial charge in [0.1, 0.15) is 36.1 Å². The van der Waals surface area contributed by atoms with Crippen LogP contribution in [0.5, 0.6) is 0 Å². The van der Waals surface area contributed by atoms with Crippen molar-refractivity contribution >= 4 is 5.97 Å². The lowest BCUT2D eigenvalue weighted by Crippen LogP contribution is -2.65. The molecule has 2 saturated heterocycles. The van der Waals surface area contributed by atoms with Crippen LogP contribution < -0.4 is 0 Å². The van der Waals surface area contributed by atoms with Crippen molar-refractivity contribution in [1.29, 1.82) is 0 Å². The molecule has 6 fully saturated rings. The van der Waals surface area contributed by atoms with Crippen LogP contribution in [-0.2, 0) is 19.0 Å². The van der Waals surface area contributed by atoms with Crippen molar-refractivity contribution in [3.63, 3.8) is 0 Å². The van der Waals surface area contributed by atoms with Crippen LogP contribution in [0.15, 0.2) is 11.6 Å². The van der Waals surface area contributed by atoms with Gasteiger partial charge in [-0.05, 0) is 80.6 Å². The summed E-state index contributed by atoms with van der Waals surface area (Å²) in [5, 5.41) is 62.3. The van der Waals surface area contributed by atoms with E-state index in [0.29, 0.717) is 17.9 Å². The summed E-state index contributed by atoms with van der Waals surface area (Å²) >= 11 is 0. The van der Waals surface area contributed by atoms with Gasteiger partial charge in [-0.15, -0.1) is 0 Å². The highest BCUT2D eigenvalue weighted by Gasteiger charge is 2.74. The number of aliphatic hydroxyl groups is 6. The summed E-state index contributed by atoms with van der Waals surface area (Å²) < 4.78 is 17.6. The summed E-state index contributed by atoms with van der Waals surface area (Å²) in [6.45, 7) is 3.73. The van der Waals surface area contributed by atoms with Crippen LogP contribution in [0.2, 0.25) is 0 Å². The molecule has 2 aliphatic heterocycles. The zero-order chi connectivity index (χ0) is 27.9. The molecule has 6 rings (SSSR count). The van der Waals surface area contributed by atoms with Crippen molar-refractivity contribution in [2.24, 2.45) is 34.5 Å². The molecule has 0 aromatic rings. The maximum atomic E-state index is 12.8. The first kappa shape index (κ1) is 28.0. The first-order chi connectivity index (χ1) is 18.5. The number of carbonyl (C=O) groups excluding carboxylic acids is 1. The largest absolute Gasteiger partial charge is 0.456 e. The molecular formula is C29H44O10. The third kappa shape index (κ3) is 3.86. The van der Waals surface area contributed by atoms with Crippen molar-refractivity contribution in [3.8, 4) is 0 Å². The van der Waals surface area contributed by atoms with E-state index in [1.54, 1.807) is 6.08 Å². The second kappa shape index (κ2) is 9.73. The molecule has 0 aromatic carbocycles. The van der Waals surface area contributed by atoms with Gasteiger partial charge in [0.2, 0.25) is 0 Å². The van der Waals surface area contributed by atoms with Crippen LogP contribution in [0.3, 0.4) is 0 Å². The number of hydrogen-bond donors (Lipinski definition) is 6. The minimum Gasteiger partial charge on any atom is -0.456 e. The minimum atomic E-state index is -1.46. The van der Waals surface area contributed by atoms with Gasteiger partial charge in [0.05, 0.1) is 19.3 Å². The van der Waals surface area contributed by atoms with Gasteiger partial charge in [0.15, 0.2) is 6.29 Å². The summed E-state index contributed by atoms with van der Waals surface area (Å²) in [5.74, 6) is 0.0952. The SMILES string of the molecule is C[C@]12CC[C@H](O[C@@H]3O[C@H](CO)[C@@H](O)[C@H](O)[C@H]3O)C[C@H]1CC[C@@H]1[C@@H]2CC[C@]2(C)[C@@H]3CC(OC(=O)/C3=C\CO)[C@]12O. The van der Waals surface area contributed by atoms with Crippen molar-refractivity contribution in [2.75, 3.05) is 13.2 Å². The molecule has 6 N–H and O–H groups in total. The summed E-state index contributed by atoms with van der Waals surface area (Å²) in [7, 11) is 0.